The molecule has 0 aromatic carbocycles. The van der Waals surface area contributed by atoms with Crippen molar-refractivity contribution >= 4 is 11.9 Å². The summed E-state index contributed by atoms with van der Waals surface area (Å²) < 4.78 is 0. The number of rotatable bonds is 2. The molecular weight excluding hydrogens is 228 g/mol. The van der Waals surface area contributed by atoms with Gasteiger partial charge in [0.2, 0.25) is 11.9 Å². The summed E-state index contributed by atoms with van der Waals surface area (Å²) in [5, 5.41) is 11.8. The molecule has 94 valence electrons. The summed E-state index contributed by atoms with van der Waals surface area (Å²) in [4.78, 5) is 20.4. The van der Waals surface area contributed by atoms with Crippen molar-refractivity contribution < 1.29 is 4.79 Å². The maximum Gasteiger partial charge on any atom is 0.247 e. The molecule has 0 aliphatic heterocycles. The van der Waals surface area contributed by atoms with Crippen LogP contribution in [0, 0.1) is 36.5 Å². The summed E-state index contributed by atoms with van der Waals surface area (Å²) in [5.74, 6) is 0.426. The number of amides is 1. The third kappa shape index (κ3) is 2.19. The molecule has 2 rings (SSSR count). The van der Waals surface area contributed by atoms with Crippen LogP contribution in [0.15, 0.2) is 6.07 Å². The lowest BCUT2D eigenvalue weighted by molar-refractivity contribution is -0.128. The van der Waals surface area contributed by atoms with E-state index in [0.29, 0.717) is 18.8 Å². The van der Waals surface area contributed by atoms with E-state index in [-0.39, 0.29) is 11.9 Å². The van der Waals surface area contributed by atoms with Crippen molar-refractivity contribution in [2.75, 3.05) is 5.32 Å². The molecule has 0 bridgehead atoms. The van der Waals surface area contributed by atoms with Gasteiger partial charge in [-0.3, -0.25) is 10.1 Å². The SMILES string of the molecule is Cc1cc(C)nc(NC(=O)C2(C#N)CC(C)C2)n1. The standard InChI is InChI=1S/C13H16N4O/c1-8-5-13(6-8,7-14)11(18)17-12-15-9(2)4-10(3)16-12/h4,8H,5-6H2,1-3H3,(H,15,16,17,18). The van der Waals surface area contributed by atoms with E-state index >= 15 is 0 Å². The van der Waals surface area contributed by atoms with Gasteiger partial charge >= 0.3 is 0 Å². The van der Waals surface area contributed by atoms with Crippen molar-refractivity contribution in [3.8, 4) is 6.07 Å². The van der Waals surface area contributed by atoms with E-state index in [1.165, 1.54) is 0 Å². The molecule has 0 spiro atoms. The van der Waals surface area contributed by atoms with Crippen LogP contribution in [0.4, 0.5) is 5.95 Å². The molecule has 1 fully saturated rings. The van der Waals surface area contributed by atoms with Gasteiger partial charge in [-0.15, -0.1) is 0 Å². The molecule has 1 aliphatic rings. The number of hydrogen-bond acceptors (Lipinski definition) is 4. The number of anilines is 1. The number of carbonyl (C=O) groups excluding carboxylic acids is 1. The Morgan fingerprint density at radius 2 is 2.00 bits per heavy atom. The minimum absolute atomic E-state index is 0.284. The van der Waals surface area contributed by atoms with E-state index < -0.39 is 5.41 Å². The average molecular weight is 244 g/mol. The van der Waals surface area contributed by atoms with Crippen LogP contribution in [0.25, 0.3) is 0 Å². The topological polar surface area (TPSA) is 78.7 Å². The summed E-state index contributed by atoms with van der Waals surface area (Å²) in [6.45, 7) is 5.72. The smallest absolute Gasteiger partial charge is 0.247 e. The van der Waals surface area contributed by atoms with Crippen molar-refractivity contribution in [3.05, 3.63) is 17.5 Å². The van der Waals surface area contributed by atoms with E-state index in [0.717, 1.165) is 11.4 Å². The highest BCUT2D eigenvalue weighted by Crippen LogP contribution is 2.45. The van der Waals surface area contributed by atoms with E-state index in [4.69, 9.17) is 5.26 Å². The first-order chi connectivity index (χ1) is 8.45. The second-order valence-electron chi connectivity index (χ2n) is 5.14. The summed E-state index contributed by atoms with van der Waals surface area (Å²) in [7, 11) is 0. The molecule has 0 atom stereocenters. The van der Waals surface area contributed by atoms with Crippen LogP contribution in [-0.4, -0.2) is 15.9 Å². The Hall–Kier alpha value is -1.96. The summed E-state index contributed by atoms with van der Waals surface area (Å²) >= 11 is 0. The Morgan fingerprint density at radius 1 is 1.44 bits per heavy atom. The van der Waals surface area contributed by atoms with Crippen LogP contribution in [0.5, 0.6) is 0 Å². The minimum atomic E-state index is -0.888. The molecule has 1 N–H and O–H groups in total. The maximum atomic E-state index is 12.1. The molecule has 0 saturated heterocycles. The highest BCUT2D eigenvalue weighted by Gasteiger charge is 2.49. The van der Waals surface area contributed by atoms with E-state index in [9.17, 15) is 4.79 Å². The molecule has 1 heterocycles. The molecule has 0 unspecified atom stereocenters. The number of carbonyl (C=O) groups is 1. The van der Waals surface area contributed by atoms with Crippen LogP contribution >= 0.6 is 0 Å². The Kier molecular flexibility index (Phi) is 3.04. The van der Waals surface area contributed by atoms with Gasteiger partial charge in [0, 0.05) is 11.4 Å². The van der Waals surface area contributed by atoms with Gasteiger partial charge in [-0.2, -0.15) is 5.26 Å². The van der Waals surface area contributed by atoms with Gasteiger partial charge in [0.15, 0.2) is 0 Å². The molecule has 1 saturated carbocycles. The largest absolute Gasteiger partial charge is 0.293 e. The number of aryl methyl sites for hydroxylation is 2. The first kappa shape index (κ1) is 12.5. The lowest BCUT2D eigenvalue weighted by Gasteiger charge is -2.38. The number of nitrogens with one attached hydrogen (secondary N) is 1. The van der Waals surface area contributed by atoms with Crippen molar-refractivity contribution in [1.29, 1.82) is 5.26 Å². The molecule has 5 heteroatoms. The van der Waals surface area contributed by atoms with Crippen LogP contribution < -0.4 is 5.32 Å². The lowest BCUT2D eigenvalue weighted by Crippen LogP contribution is -2.45. The Balaban J connectivity index is 2.14. The second kappa shape index (κ2) is 4.37. The zero-order valence-electron chi connectivity index (χ0n) is 10.8. The fourth-order valence-electron chi connectivity index (χ4n) is 2.46. The van der Waals surface area contributed by atoms with Crippen LogP contribution in [0.2, 0.25) is 0 Å². The second-order valence-corrected chi connectivity index (χ2v) is 5.14. The van der Waals surface area contributed by atoms with Gasteiger partial charge in [0.05, 0.1) is 6.07 Å². The third-order valence-corrected chi connectivity index (χ3v) is 3.25. The first-order valence-electron chi connectivity index (χ1n) is 6.00. The molecule has 0 radical (unpaired) electrons. The zero-order valence-corrected chi connectivity index (χ0v) is 10.8. The monoisotopic (exact) mass is 244 g/mol. The van der Waals surface area contributed by atoms with E-state index in [1.54, 1.807) is 0 Å². The van der Waals surface area contributed by atoms with E-state index in [2.05, 4.69) is 21.4 Å². The predicted molar refractivity (Wildman–Crippen MR) is 66.6 cm³/mol. The number of nitriles is 1. The number of hydrogen-bond donors (Lipinski definition) is 1. The van der Waals surface area contributed by atoms with E-state index in [1.807, 2.05) is 26.8 Å². The van der Waals surface area contributed by atoms with Crippen molar-refractivity contribution in [3.63, 3.8) is 0 Å². The Morgan fingerprint density at radius 3 is 2.44 bits per heavy atom. The first-order valence-corrected chi connectivity index (χ1v) is 6.00. The highest BCUT2D eigenvalue weighted by molar-refractivity contribution is 5.96. The van der Waals surface area contributed by atoms with Gasteiger partial charge < -0.3 is 0 Å². The number of nitrogens with zero attached hydrogens (tertiary/aromatic N) is 3. The van der Waals surface area contributed by atoms with Gasteiger partial charge in [0.1, 0.15) is 5.41 Å². The van der Waals surface area contributed by atoms with Crippen LogP contribution in [-0.2, 0) is 4.79 Å². The molecule has 1 aliphatic carbocycles. The quantitative estimate of drug-likeness (QED) is 0.862. The fourth-order valence-corrected chi connectivity index (χ4v) is 2.46. The Labute approximate surface area is 106 Å². The summed E-state index contributed by atoms with van der Waals surface area (Å²) in [6, 6.07) is 3.96. The van der Waals surface area contributed by atoms with Gasteiger partial charge in [-0.1, -0.05) is 6.92 Å². The highest BCUT2D eigenvalue weighted by atomic mass is 16.2. The van der Waals surface area contributed by atoms with Crippen LogP contribution in [0.3, 0.4) is 0 Å². The molecule has 1 aromatic heterocycles. The van der Waals surface area contributed by atoms with Crippen molar-refractivity contribution in [2.24, 2.45) is 11.3 Å². The fraction of sp³-hybridized carbons (Fsp3) is 0.538. The molecule has 1 amide bonds. The third-order valence-electron chi connectivity index (χ3n) is 3.25. The van der Waals surface area contributed by atoms with Gasteiger partial charge in [-0.25, -0.2) is 9.97 Å². The minimum Gasteiger partial charge on any atom is -0.293 e. The Bertz CT molecular complexity index is 506. The van der Waals surface area contributed by atoms with Gasteiger partial charge in [0.25, 0.3) is 0 Å². The normalized spacial score (nSPS) is 26.0. The molecular formula is C13H16N4O. The molecule has 18 heavy (non-hydrogen) atoms. The zero-order chi connectivity index (χ0) is 13.3. The molecule has 1 aromatic rings. The molecule has 5 nitrogen and oxygen atoms in total. The van der Waals surface area contributed by atoms with Crippen molar-refractivity contribution in [1.82, 2.24) is 9.97 Å². The summed E-state index contributed by atoms with van der Waals surface area (Å²) in [6.07, 6.45) is 1.22. The number of aromatic nitrogens is 2. The predicted octanol–water partition coefficient (Wildman–Crippen LogP) is 1.97. The van der Waals surface area contributed by atoms with Crippen molar-refractivity contribution in [2.45, 2.75) is 33.6 Å². The average Bonchev–Trinajstić information content (AvgIpc) is 2.22. The summed E-state index contributed by atoms with van der Waals surface area (Å²) in [5.41, 5.74) is 0.706. The maximum absolute atomic E-state index is 12.1. The van der Waals surface area contributed by atoms with Gasteiger partial charge in [-0.05, 0) is 38.7 Å². The lowest BCUT2D eigenvalue weighted by atomic mass is 9.63. The van der Waals surface area contributed by atoms with Crippen LogP contribution in [0.1, 0.15) is 31.2 Å².